The Balaban J connectivity index is 2.74. The fraction of sp³-hybridized carbons (Fsp3) is 0.273. The van der Waals surface area contributed by atoms with E-state index in [1.165, 1.54) is 0 Å². The maximum absolute atomic E-state index is 11.4. The summed E-state index contributed by atoms with van der Waals surface area (Å²) in [6.07, 6.45) is 0. The van der Waals surface area contributed by atoms with Crippen molar-refractivity contribution in [3.05, 3.63) is 34.9 Å². The lowest BCUT2D eigenvalue weighted by Crippen LogP contribution is -2.37. The molecule has 0 aliphatic rings. The number of benzene rings is 1. The number of carboxylic acid groups (broad SMARTS) is 1. The fourth-order valence-corrected chi connectivity index (χ4v) is 1.14. The highest BCUT2D eigenvalue weighted by Crippen LogP contribution is 2.09. The van der Waals surface area contributed by atoms with Crippen molar-refractivity contribution < 1.29 is 14.7 Å². The number of aliphatic carboxylic acids is 1. The fourth-order valence-electron chi connectivity index (χ4n) is 1.14. The summed E-state index contributed by atoms with van der Waals surface area (Å²) < 4.78 is 0. The van der Waals surface area contributed by atoms with E-state index in [9.17, 15) is 14.7 Å². The van der Waals surface area contributed by atoms with E-state index >= 15 is 0 Å². The first-order chi connectivity index (χ1) is 7.00. The zero-order valence-electron chi connectivity index (χ0n) is 8.66. The van der Waals surface area contributed by atoms with Crippen LogP contribution in [0.3, 0.4) is 0 Å². The van der Waals surface area contributed by atoms with Crippen LogP contribution in [0.15, 0.2) is 18.2 Å². The van der Waals surface area contributed by atoms with E-state index in [1.54, 1.807) is 12.1 Å². The third kappa shape index (κ3) is 3.09. The zero-order valence-corrected chi connectivity index (χ0v) is 8.66. The van der Waals surface area contributed by atoms with Crippen molar-refractivity contribution in [1.82, 2.24) is 5.32 Å². The first-order valence-corrected chi connectivity index (χ1v) is 4.56. The minimum absolute atomic E-state index is 0.401. The predicted octanol–water partition coefficient (Wildman–Crippen LogP) is -0.217. The average molecular weight is 206 g/mol. The zero-order chi connectivity index (χ0) is 11.4. The van der Waals surface area contributed by atoms with Crippen molar-refractivity contribution in [2.75, 3.05) is 6.54 Å². The summed E-state index contributed by atoms with van der Waals surface area (Å²) in [5.74, 6) is -1.70. The maximum atomic E-state index is 11.4. The molecule has 1 rings (SSSR count). The highest BCUT2D eigenvalue weighted by atomic mass is 16.4. The number of hydrogen-bond acceptors (Lipinski definition) is 3. The Morgan fingerprint density at radius 1 is 1.27 bits per heavy atom. The summed E-state index contributed by atoms with van der Waals surface area (Å²) in [5, 5.41) is 12.4. The molecular weight excluding hydrogens is 194 g/mol. The lowest BCUT2D eigenvalue weighted by molar-refractivity contribution is -0.303. The van der Waals surface area contributed by atoms with Crippen LogP contribution in [0.1, 0.15) is 21.5 Å². The second-order valence-electron chi connectivity index (χ2n) is 3.35. The van der Waals surface area contributed by atoms with E-state index in [4.69, 9.17) is 0 Å². The van der Waals surface area contributed by atoms with Gasteiger partial charge in [-0.3, -0.25) is 4.79 Å². The molecule has 4 nitrogen and oxygen atoms in total. The van der Waals surface area contributed by atoms with Gasteiger partial charge in [0.2, 0.25) is 0 Å². The van der Waals surface area contributed by atoms with Gasteiger partial charge in [0.05, 0.1) is 12.5 Å². The van der Waals surface area contributed by atoms with Crippen molar-refractivity contribution in [1.29, 1.82) is 0 Å². The van der Waals surface area contributed by atoms with E-state index in [-0.39, 0.29) is 0 Å². The Morgan fingerprint density at radius 2 is 1.93 bits per heavy atom. The average Bonchev–Trinajstić information content (AvgIpc) is 2.18. The molecule has 15 heavy (non-hydrogen) atoms. The molecule has 0 atom stereocenters. The molecule has 0 saturated carbocycles. The molecule has 0 heterocycles. The molecular formula is C11H12NO3-. The molecule has 1 N–H and O–H groups in total. The van der Waals surface area contributed by atoms with Gasteiger partial charge >= 0.3 is 0 Å². The molecule has 1 aromatic rings. The first-order valence-electron chi connectivity index (χ1n) is 4.56. The summed E-state index contributed by atoms with van der Waals surface area (Å²) in [5.41, 5.74) is 2.54. The molecule has 0 aromatic heterocycles. The van der Waals surface area contributed by atoms with Crippen molar-refractivity contribution >= 4 is 11.9 Å². The lowest BCUT2D eigenvalue weighted by atomic mass is 10.1. The first kappa shape index (κ1) is 11.2. The van der Waals surface area contributed by atoms with Crippen LogP contribution < -0.4 is 10.4 Å². The number of rotatable bonds is 3. The Kier molecular flexibility index (Phi) is 3.44. The number of amides is 1. The van der Waals surface area contributed by atoms with Crippen molar-refractivity contribution in [3.63, 3.8) is 0 Å². The Morgan fingerprint density at radius 3 is 2.47 bits per heavy atom. The van der Waals surface area contributed by atoms with Crippen molar-refractivity contribution in [2.24, 2.45) is 0 Å². The number of carbonyl (C=O) groups is 2. The monoisotopic (exact) mass is 206 g/mol. The van der Waals surface area contributed by atoms with Crippen molar-refractivity contribution in [3.8, 4) is 0 Å². The Hall–Kier alpha value is -1.84. The minimum atomic E-state index is -1.30. The van der Waals surface area contributed by atoms with Gasteiger partial charge < -0.3 is 15.2 Å². The van der Waals surface area contributed by atoms with Gasteiger partial charge in [-0.1, -0.05) is 6.07 Å². The summed E-state index contributed by atoms with van der Waals surface area (Å²) in [7, 11) is 0. The van der Waals surface area contributed by atoms with E-state index in [2.05, 4.69) is 5.32 Å². The SMILES string of the molecule is Cc1ccc(C(=O)NCC(=O)[O-])cc1C. The van der Waals surface area contributed by atoms with Gasteiger partial charge in [0.15, 0.2) is 0 Å². The lowest BCUT2D eigenvalue weighted by Gasteiger charge is -2.07. The number of carboxylic acids is 1. The molecule has 0 saturated heterocycles. The van der Waals surface area contributed by atoms with Gasteiger partial charge in [-0.05, 0) is 37.1 Å². The summed E-state index contributed by atoms with van der Waals surface area (Å²) in [4.78, 5) is 21.5. The van der Waals surface area contributed by atoms with Crippen molar-refractivity contribution in [2.45, 2.75) is 13.8 Å². The quantitative estimate of drug-likeness (QED) is 0.743. The Labute approximate surface area is 87.9 Å². The molecule has 0 radical (unpaired) electrons. The summed E-state index contributed by atoms with van der Waals surface area (Å²) in [6, 6.07) is 5.20. The molecule has 80 valence electrons. The predicted molar refractivity (Wildman–Crippen MR) is 53.3 cm³/mol. The van der Waals surface area contributed by atoms with Crippen LogP contribution in [0, 0.1) is 13.8 Å². The number of nitrogens with one attached hydrogen (secondary N) is 1. The van der Waals surface area contributed by atoms with Crippen LogP contribution in [0.2, 0.25) is 0 Å². The standard InChI is InChI=1S/C11H13NO3/c1-7-3-4-9(5-8(7)2)11(15)12-6-10(13)14/h3-5H,6H2,1-2H3,(H,12,15)(H,13,14)/p-1. The largest absolute Gasteiger partial charge is 0.548 e. The van der Waals surface area contributed by atoms with E-state index in [0.717, 1.165) is 11.1 Å². The summed E-state index contributed by atoms with van der Waals surface area (Å²) in [6.45, 7) is 3.37. The molecule has 0 bridgehead atoms. The minimum Gasteiger partial charge on any atom is -0.548 e. The maximum Gasteiger partial charge on any atom is 0.251 e. The van der Waals surface area contributed by atoms with Gasteiger partial charge in [0, 0.05) is 5.56 Å². The van der Waals surface area contributed by atoms with Gasteiger partial charge in [-0.15, -0.1) is 0 Å². The topological polar surface area (TPSA) is 69.2 Å². The van der Waals surface area contributed by atoms with Crippen LogP contribution in [-0.2, 0) is 4.79 Å². The van der Waals surface area contributed by atoms with Crippen LogP contribution in [0.25, 0.3) is 0 Å². The van der Waals surface area contributed by atoms with Gasteiger partial charge in [0.1, 0.15) is 0 Å². The Bertz CT molecular complexity index is 399. The molecule has 0 spiro atoms. The molecule has 0 aliphatic carbocycles. The number of carbonyl (C=O) groups excluding carboxylic acids is 2. The third-order valence-corrected chi connectivity index (χ3v) is 2.16. The normalized spacial score (nSPS) is 9.73. The van der Waals surface area contributed by atoms with Gasteiger partial charge in [-0.25, -0.2) is 0 Å². The smallest absolute Gasteiger partial charge is 0.251 e. The number of aryl methyl sites for hydroxylation is 2. The molecule has 4 heteroatoms. The number of hydrogen-bond donors (Lipinski definition) is 1. The molecule has 0 aliphatic heterocycles. The van der Waals surface area contributed by atoms with E-state index < -0.39 is 18.4 Å². The highest BCUT2D eigenvalue weighted by Gasteiger charge is 2.05. The second-order valence-corrected chi connectivity index (χ2v) is 3.35. The van der Waals surface area contributed by atoms with E-state index in [1.807, 2.05) is 19.9 Å². The van der Waals surface area contributed by atoms with Gasteiger partial charge in [-0.2, -0.15) is 0 Å². The third-order valence-electron chi connectivity index (χ3n) is 2.16. The summed E-state index contributed by atoms with van der Waals surface area (Å²) >= 11 is 0. The van der Waals surface area contributed by atoms with Crippen LogP contribution >= 0.6 is 0 Å². The highest BCUT2D eigenvalue weighted by molar-refractivity contribution is 5.95. The molecule has 1 amide bonds. The van der Waals surface area contributed by atoms with Crippen LogP contribution in [0.5, 0.6) is 0 Å². The molecule has 0 unspecified atom stereocenters. The second kappa shape index (κ2) is 4.59. The molecule has 0 fully saturated rings. The molecule has 1 aromatic carbocycles. The van der Waals surface area contributed by atoms with E-state index in [0.29, 0.717) is 5.56 Å². The van der Waals surface area contributed by atoms with Crippen LogP contribution in [0.4, 0.5) is 0 Å². The van der Waals surface area contributed by atoms with Crippen LogP contribution in [-0.4, -0.2) is 18.4 Å². The van der Waals surface area contributed by atoms with Gasteiger partial charge in [0.25, 0.3) is 5.91 Å².